The summed E-state index contributed by atoms with van der Waals surface area (Å²) in [5.41, 5.74) is 3.85. The average molecular weight is 447 g/mol. The largest absolute Gasteiger partial charge is 0.497 e. The van der Waals surface area contributed by atoms with Crippen molar-refractivity contribution >= 4 is 29.3 Å². The summed E-state index contributed by atoms with van der Waals surface area (Å²) in [5, 5.41) is 0. The summed E-state index contributed by atoms with van der Waals surface area (Å²) in [6, 6.07) is 23.2. The van der Waals surface area contributed by atoms with Gasteiger partial charge in [-0.1, -0.05) is 42.5 Å². The molecular formula is C26H26N2O3S. The number of ether oxygens (including phenoxy) is 1. The molecule has 0 atom stereocenters. The second kappa shape index (κ2) is 9.92. The highest BCUT2D eigenvalue weighted by Gasteiger charge is 2.24. The highest BCUT2D eigenvalue weighted by Crippen LogP contribution is 2.30. The molecule has 3 aromatic rings. The smallest absolute Gasteiger partial charge is 0.255 e. The number of fused-ring (bicyclic) bond motifs is 1. The van der Waals surface area contributed by atoms with Crippen molar-refractivity contribution in [1.29, 1.82) is 0 Å². The van der Waals surface area contributed by atoms with Crippen molar-refractivity contribution in [2.24, 2.45) is 0 Å². The summed E-state index contributed by atoms with van der Waals surface area (Å²) in [7, 11) is 3.42. The minimum Gasteiger partial charge on any atom is -0.497 e. The highest BCUT2D eigenvalue weighted by atomic mass is 32.2. The second-order valence-corrected chi connectivity index (χ2v) is 8.74. The van der Waals surface area contributed by atoms with E-state index in [1.54, 1.807) is 19.1 Å². The van der Waals surface area contributed by atoms with Crippen LogP contribution in [-0.2, 0) is 17.8 Å². The molecule has 0 spiro atoms. The van der Waals surface area contributed by atoms with Crippen molar-refractivity contribution in [1.82, 2.24) is 4.90 Å². The number of rotatable bonds is 7. The van der Waals surface area contributed by atoms with E-state index < -0.39 is 0 Å². The van der Waals surface area contributed by atoms with E-state index in [2.05, 4.69) is 6.07 Å². The Kier molecular flexibility index (Phi) is 6.81. The monoisotopic (exact) mass is 446 g/mol. The third kappa shape index (κ3) is 4.81. The van der Waals surface area contributed by atoms with Gasteiger partial charge in [0.15, 0.2) is 0 Å². The molecule has 32 heavy (non-hydrogen) atoms. The summed E-state index contributed by atoms with van der Waals surface area (Å²) in [4.78, 5) is 30.4. The van der Waals surface area contributed by atoms with Gasteiger partial charge in [-0.05, 0) is 47.9 Å². The Morgan fingerprint density at radius 1 is 1.00 bits per heavy atom. The van der Waals surface area contributed by atoms with E-state index in [0.29, 0.717) is 24.4 Å². The van der Waals surface area contributed by atoms with Gasteiger partial charge in [0.05, 0.1) is 18.4 Å². The fourth-order valence-corrected chi connectivity index (χ4v) is 4.79. The maximum Gasteiger partial charge on any atom is 0.255 e. The standard InChI is InChI=1S/C26H26N2O3S/c1-27(17-19-11-13-21(31-2)14-12-19)26(30)22-8-4-6-10-24(22)32-18-25(29)28-16-15-20-7-3-5-9-23(20)28/h3-14H,15-18H2,1-2H3. The molecule has 2 amide bonds. The van der Waals surface area contributed by atoms with Crippen molar-refractivity contribution < 1.29 is 14.3 Å². The Bertz CT molecular complexity index is 1110. The van der Waals surface area contributed by atoms with Crippen LogP contribution in [0.4, 0.5) is 5.69 Å². The first-order valence-corrected chi connectivity index (χ1v) is 11.5. The number of nitrogens with zero attached hydrogens (tertiary/aromatic N) is 2. The Labute approximate surface area is 193 Å². The molecule has 0 saturated heterocycles. The van der Waals surface area contributed by atoms with E-state index in [1.165, 1.54) is 17.3 Å². The van der Waals surface area contributed by atoms with Crippen molar-refractivity contribution in [2.75, 3.05) is 31.4 Å². The normalized spacial score (nSPS) is 12.4. The van der Waals surface area contributed by atoms with Crippen LogP contribution in [0.2, 0.25) is 0 Å². The summed E-state index contributed by atoms with van der Waals surface area (Å²) < 4.78 is 5.19. The molecule has 0 radical (unpaired) electrons. The molecule has 1 aliphatic rings. The van der Waals surface area contributed by atoms with Gasteiger partial charge in [0.25, 0.3) is 5.91 Å². The molecule has 0 aliphatic carbocycles. The van der Waals surface area contributed by atoms with Crippen LogP contribution in [0, 0.1) is 0 Å². The number of methoxy groups -OCH3 is 1. The lowest BCUT2D eigenvalue weighted by atomic mass is 10.1. The number of carbonyl (C=O) groups excluding carboxylic acids is 2. The molecule has 0 unspecified atom stereocenters. The van der Waals surface area contributed by atoms with Gasteiger partial charge in [0.2, 0.25) is 5.91 Å². The summed E-state index contributed by atoms with van der Waals surface area (Å²) in [5.74, 6) is 1.08. The van der Waals surface area contributed by atoms with Gasteiger partial charge >= 0.3 is 0 Å². The lowest BCUT2D eigenvalue weighted by molar-refractivity contribution is -0.116. The zero-order chi connectivity index (χ0) is 22.5. The molecular weight excluding hydrogens is 420 g/mol. The van der Waals surface area contributed by atoms with Gasteiger partial charge < -0.3 is 14.5 Å². The van der Waals surface area contributed by atoms with Crippen molar-refractivity contribution in [3.8, 4) is 5.75 Å². The SMILES string of the molecule is COc1ccc(CN(C)C(=O)c2ccccc2SCC(=O)N2CCc3ccccc32)cc1. The molecule has 0 N–H and O–H groups in total. The van der Waals surface area contributed by atoms with Gasteiger partial charge in [-0.15, -0.1) is 11.8 Å². The lowest BCUT2D eigenvalue weighted by Crippen LogP contribution is -2.30. The third-order valence-corrected chi connectivity index (χ3v) is 6.64. The number of thioether (sulfide) groups is 1. The maximum atomic E-state index is 13.2. The van der Waals surface area contributed by atoms with Gasteiger partial charge in [0.1, 0.15) is 5.75 Å². The molecule has 1 aliphatic heterocycles. The molecule has 0 fully saturated rings. The van der Waals surface area contributed by atoms with Crippen molar-refractivity contribution in [3.63, 3.8) is 0 Å². The molecule has 5 nitrogen and oxygen atoms in total. The molecule has 164 valence electrons. The predicted octanol–water partition coefficient (Wildman–Crippen LogP) is 4.65. The van der Waals surface area contributed by atoms with Gasteiger partial charge in [-0.3, -0.25) is 9.59 Å². The van der Waals surface area contributed by atoms with Crippen LogP contribution in [0.3, 0.4) is 0 Å². The van der Waals surface area contributed by atoms with E-state index in [9.17, 15) is 9.59 Å². The number of carbonyl (C=O) groups is 2. The van der Waals surface area contributed by atoms with Crippen molar-refractivity contribution in [2.45, 2.75) is 17.9 Å². The van der Waals surface area contributed by atoms with E-state index in [4.69, 9.17) is 4.74 Å². The Hall–Kier alpha value is -3.25. The van der Waals surface area contributed by atoms with E-state index >= 15 is 0 Å². The number of anilines is 1. The Morgan fingerprint density at radius 3 is 2.50 bits per heavy atom. The number of benzene rings is 3. The second-order valence-electron chi connectivity index (χ2n) is 7.72. The predicted molar refractivity (Wildman–Crippen MR) is 128 cm³/mol. The van der Waals surface area contributed by atoms with Crippen LogP contribution in [0.25, 0.3) is 0 Å². The average Bonchev–Trinajstić information content (AvgIpc) is 3.27. The first kappa shape index (κ1) is 22.0. The molecule has 0 bridgehead atoms. The maximum absolute atomic E-state index is 13.2. The number of hydrogen-bond acceptors (Lipinski definition) is 4. The highest BCUT2D eigenvalue weighted by molar-refractivity contribution is 8.00. The molecule has 1 heterocycles. The minimum atomic E-state index is -0.0668. The summed E-state index contributed by atoms with van der Waals surface area (Å²) in [6.07, 6.45) is 0.887. The zero-order valence-electron chi connectivity index (χ0n) is 18.3. The van der Waals surface area contributed by atoms with Crippen LogP contribution >= 0.6 is 11.8 Å². The van der Waals surface area contributed by atoms with E-state index in [1.807, 2.05) is 71.6 Å². The van der Waals surface area contributed by atoms with Gasteiger partial charge in [-0.25, -0.2) is 0 Å². The van der Waals surface area contributed by atoms with E-state index in [0.717, 1.165) is 28.3 Å². The summed E-state index contributed by atoms with van der Waals surface area (Å²) >= 11 is 1.42. The first-order valence-electron chi connectivity index (χ1n) is 10.6. The van der Waals surface area contributed by atoms with Gasteiger partial charge in [0, 0.05) is 30.7 Å². The topological polar surface area (TPSA) is 49.9 Å². The van der Waals surface area contributed by atoms with Crippen molar-refractivity contribution in [3.05, 3.63) is 89.5 Å². The van der Waals surface area contributed by atoms with Gasteiger partial charge in [-0.2, -0.15) is 0 Å². The van der Waals surface area contributed by atoms with Crippen LogP contribution in [-0.4, -0.2) is 43.2 Å². The number of hydrogen-bond donors (Lipinski definition) is 0. The quantitative estimate of drug-likeness (QED) is 0.496. The molecule has 0 saturated carbocycles. The van der Waals surface area contributed by atoms with E-state index in [-0.39, 0.29) is 11.8 Å². The molecule has 6 heteroatoms. The molecule has 3 aromatic carbocycles. The lowest BCUT2D eigenvalue weighted by Gasteiger charge is -2.20. The first-order chi connectivity index (χ1) is 15.6. The number of amides is 2. The Morgan fingerprint density at radius 2 is 1.72 bits per heavy atom. The number of para-hydroxylation sites is 1. The third-order valence-electron chi connectivity index (χ3n) is 5.58. The molecule has 4 rings (SSSR count). The van der Waals surface area contributed by atoms with Crippen LogP contribution in [0.15, 0.2) is 77.7 Å². The molecule has 0 aromatic heterocycles. The van der Waals surface area contributed by atoms with Crippen LogP contribution in [0.5, 0.6) is 5.75 Å². The summed E-state index contributed by atoms with van der Waals surface area (Å²) in [6.45, 7) is 1.20. The zero-order valence-corrected chi connectivity index (χ0v) is 19.1. The Balaban J connectivity index is 1.42. The fourth-order valence-electron chi connectivity index (χ4n) is 3.87. The van der Waals surface area contributed by atoms with Crippen LogP contribution < -0.4 is 9.64 Å². The minimum absolute atomic E-state index is 0.0637. The fraction of sp³-hybridized carbons (Fsp3) is 0.231. The van der Waals surface area contributed by atoms with Crippen LogP contribution in [0.1, 0.15) is 21.5 Å².